The molecule has 0 radical (unpaired) electrons. The van der Waals surface area contributed by atoms with E-state index >= 15 is 0 Å². The van der Waals surface area contributed by atoms with E-state index < -0.39 is 0 Å². The summed E-state index contributed by atoms with van der Waals surface area (Å²) >= 11 is 17.9. The van der Waals surface area contributed by atoms with Gasteiger partial charge in [0.1, 0.15) is 11.8 Å². The standard InChI is InChI=1S/C12H7Cl3N4/c13-8-1-7(2-9(14)3-8)4-19-6-18-10-11(15)16-5-17-12(10)19/h1-3,5-6H,4H2. The first-order valence-electron chi connectivity index (χ1n) is 5.40. The van der Waals surface area contributed by atoms with Crippen LogP contribution in [-0.4, -0.2) is 19.5 Å². The number of nitrogens with zero attached hydrogens (tertiary/aromatic N) is 4. The molecule has 1 aromatic carbocycles. The Balaban J connectivity index is 2.04. The van der Waals surface area contributed by atoms with E-state index in [2.05, 4.69) is 15.0 Å². The largest absolute Gasteiger partial charge is 0.311 e. The van der Waals surface area contributed by atoms with Gasteiger partial charge in [-0.05, 0) is 23.8 Å². The van der Waals surface area contributed by atoms with Crippen LogP contribution in [-0.2, 0) is 6.54 Å². The molecule has 2 aromatic heterocycles. The highest BCUT2D eigenvalue weighted by molar-refractivity contribution is 6.34. The summed E-state index contributed by atoms with van der Waals surface area (Å²) in [5, 5.41) is 1.53. The Morgan fingerprint density at radius 3 is 2.42 bits per heavy atom. The smallest absolute Gasteiger partial charge is 0.165 e. The molecule has 96 valence electrons. The van der Waals surface area contributed by atoms with E-state index in [9.17, 15) is 0 Å². The molecular weight excluding hydrogens is 307 g/mol. The van der Waals surface area contributed by atoms with Crippen molar-refractivity contribution < 1.29 is 0 Å². The van der Waals surface area contributed by atoms with E-state index in [1.165, 1.54) is 6.33 Å². The summed E-state index contributed by atoms with van der Waals surface area (Å²) in [7, 11) is 0. The van der Waals surface area contributed by atoms with Crippen LogP contribution in [0.25, 0.3) is 11.2 Å². The molecule has 7 heteroatoms. The van der Waals surface area contributed by atoms with Crippen LogP contribution in [0.3, 0.4) is 0 Å². The Kier molecular flexibility index (Phi) is 3.31. The highest BCUT2D eigenvalue weighted by Gasteiger charge is 2.09. The highest BCUT2D eigenvalue weighted by Crippen LogP contribution is 2.22. The molecule has 0 atom stereocenters. The molecule has 0 aliphatic heterocycles. The number of benzene rings is 1. The topological polar surface area (TPSA) is 43.6 Å². The van der Waals surface area contributed by atoms with Crippen LogP contribution in [0.4, 0.5) is 0 Å². The van der Waals surface area contributed by atoms with E-state index in [0.717, 1.165) is 5.56 Å². The summed E-state index contributed by atoms with van der Waals surface area (Å²) in [5.41, 5.74) is 2.22. The quantitative estimate of drug-likeness (QED) is 0.675. The molecule has 0 amide bonds. The van der Waals surface area contributed by atoms with Gasteiger partial charge in [0.2, 0.25) is 0 Å². The third kappa shape index (κ3) is 2.52. The van der Waals surface area contributed by atoms with Crippen LogP contribution in [0.15, 0.2) is 30.9 Å². The molecule has 0 saturated heterocycles. The number of hydrogen-bond donors (Lipinski definition) is 0. The summed E-state index contributed by atoms with van der Waals surface area (Å²) in [4.78, 5) is 12.3. The van der Waals surface area contributed by atoms with E-state index in [4.69, 9.17) is 34.8 Å². The molecule has 0 aliphatic carbocycles. The lowest BCUT2D eigenvalue weighted by Crippen LogP contribution is -1.99. The van der Waals surface area contributed by atoms with E-state index in [1.54, 1.807) is 12.4 Å². The molecule has 0 saturated carbocycles. The van der Waals surface area contributed by atoms with E-state index in [-0.39, 0.29) is 0 Å². The van der Waals surface area contributed by atoms with Crippen molar-refractivity contribution in [3.8, 4) is 0 Å². The maximum atomic E-state index is 5.98. The van der Waals surface area contributed by atoms with Gasteiger partial charge in [0.15, 0.2) is 10.8 Å². The van der Waals surface area contributed by atoms with Crippen LogP contribution in [0, 0.1) is 0 Å². The van der Waals surface area contributed by atoms with Crippen molar-refractivity contribution in [2.24, 2.45) is 0 Å². The summed E-state index contributed by atoms with van der Waals surface area (Å²) in [6, 6.07) is 5.39. The number of imidazole rings is 1. The van der Waals surface area contributed by atoms with Crippen molar-refractivity contribution >= 4 is 46.0 Å². The molecule has 3 aromatic rings. The molecule has 0 spiro atoms. The predicted octanol–water partition coefficient (Wildman–Crippen LogP) is 3.83. The van der Waals surface area contributed by atoms with Crippen molar-refractivity contribution in [1.82, 2.24) is 19.5 Å². The van der Waals surface area contributed by atoms with E-state index in [0.29, 0.717) is 32.9 Å². The van der Waals surface area contributed by atoms with Gasteiger partial charge in [-0.2, -0.15) is 0 Å². The minimum Gasteiger partial charge on any atom is -0.311 e. The van der Waals surface area contributed by atoms with Crippen LogP contribution in [0.5, 0.6) is 0 Å². The number of hydrogen-bond acceptors (Lipinski definition) is 3. The lowest BCUT2D eigenvalue weighted by atomic mass is 10.2. The van der Waals surface area contributed by atoms with Crippen molar-refractivity contribution in [1.29, 1.82) is 0 Å². The molecule has 0 fully saturated rings. The van der Waals surface area contributed by atoms with Crippen LogP contribution in [0.2, 0.25) is 15.2 Å². The normalized spacial score (nSPS) is 11.1. The third-order valence-electron chi connectivity index (χ3n) is 2.63. The van der Waals surface area contributed by atoms with Crippen LogP contribution < -0.4 is 0 Å². The molecule has 0 bridgehead atoms. The van der Waals surface area contributed by atoms with Gasteiger partial charge < -0.3 is 4.57 Å². The van der Waals surface area contributed by atoms with Crippen LogP contribution >= 0.6 is 34.8 Å². The Bertz CT molecular complexity index is 734. The van der Waals surface area contributed by atoms with Gasteiger partial charge in [-0.15, -0.1) is 0 Å². The monoisotopic (exact) mass is 312 g/mol. The minimum atomic E-state index is 0.341. The summed E-state index contributed by atoms with van der Waals surface area (Å²) < 4.78 is 1.87. The number of fused-ring (bicyclic) bond motifs is 1. The molecule has 19 heavy (non-hydrogen) atoms. The molecule has 4 nitrogen and oxygen atoms in total. The van der Waals surface area contributed by atoms with Crippen molar-refractivity contribution in [2.45, 2.75) is 6.54 Å². The van der Waals surface area contributed by atoms with Crippen LogP contribution in [0.1, 0.15) is 5.56 Å². The van der Waals surface area contributed by atoms with Gasteiger partial charge in [-0.1, -0.05) is 34.8 Å². The van der Waals surface area contributed by atoms with Crippen molar-refractivity contribution in [3.63, 3.8) is 0 Å². The molecule has 0 N–H and O–H groups in total. The number of halogens is 3. The van der Waals surface area contributed by atoms with Gasteiger partial charge in [-0.3, -0.25) is 0 Å². The highest BCUT2D eigenvalue weighted by atomic mass is 35.5. The van der Waals surface area contributed by atoms with Gasteiger partial charge in [-0.25, -0.2) is 15.0 Å². The molecule has 0 unspecified atom stereocenters. The molecule has 3 rings (SSSR count). The summed E-state index contributed by atoms with van der Waals surface area (Å²) in [6.07, 6.45) is 3.08. The first-order chi connectivity index (χ1) is 9.13. The predicted molar refractivity (Wildman–Crippen MR) is 75.9 cm³/mol. The SMILES string of the molecule is Clc1cc(Cl)cc(Cn2cnc3c(Cl)ncnc32)c1. The zero-order valence-electron chi connectivity index (χ0n) is 9.52. The Morgan fingerprint density at radius 2 is 1.68 bits per heavy atom. The first kappa shape index (κ1) is 12.7. The average molecular weight is 314 g/mol. The van der Waals surface area contributed by atoms with Crippen molar-refractivity contribution in [3.05, 3.63) is 51.6 Å². The van der Waals surface area contributed by atoms with Crippen molar-refractivity contribution in [2.75, 3.05) is 0 Å². The Hall–Kier alpha value is -1.36. The summed E-state index contributed by atoms with van der Waals surface area (Å²) in [6.45, 7) is 0.560. The third-order valence-corrected chi connectivity index (χ3v) is 3.34. The molecular formula is C12H7Cl3N4. The fourth-order valence-electron chi connectivity index (χ4n) is 1.87. The second kappa shape index (κ2) is 4.96. The maximum Gasteiger partial charge on any atom is 0.165 e. The lowest BCUT2D eigenvalue weighted by Gasteiger charge is -2.05. The minimum absolute atomic E-state index is 0.341. The molecule has 2 heterocycles. The van der Waals surface area contributed by atoms with E-state index in [1.807, 2.05) is 16.7 Å². The number of aromatic nitrogens is 4. The first-order valence-corrected chi connectivity index (χ1v) is 6.53. The van der Waals surface area contributed by atoms with Gasteiger partial charge in [0, 0.05) is 10.0 Å². The molecule has 0 aliphatic rings. The van der Waals surface area contributed by atoms with Gasteiger partial charge >= 0.3 is 0 Å². The lowest BCUT2D eigenvalue weighted by molar-refractivity contribution is 0.813. The second-order valence-corrected chi connectivity index (χ2v) is 5.22. The Morgan fingerprint density at radius 1 is 0.947 bits per heavy atom. The zero-order valence-corrected chi connectivity index (χ0v) is 11.8. The Labute approximate surface area is 124 Å². The second-order valence-electron chi connectivity index (χ2n) is 3.99. The fraction of sp³-hybridized carbons (Fsp3) is 0.0833. The zero-order chi connectivity index (χ0) is 13.4. The van der Waals surface area contributed by atoms with Gasteiger partial charge in [0.05, 0.1) is 12.9 Å². The average Bonchev–Trinajstić information content (AvgIpc) is 2.73. The fourth-order valence-corrected chi connectivity index (χ4v) is 2.61. The number of rotatable bonds is 2. The van der Waals surface area contributed by atoms with Gasteiger partial charge in [0.25, 0.3) is 0 Å². The summed E-state index contributed by atoms with van der Waals surface area (Å²) in [5.74, 6) is 0. The maximum absolute atomic E-state index is 5.98.